The van der Waals surface area contributed by atoms with Crippen LogP contribution in [0.15, 0.2) is 59.0 Å². The number of carbonyl (C=O) groups is 1. The van der Waals surface area contributed by atoms with Crippen molar-refractivity contribution >= 4 is 29.1 Å². The van der Waals surface area contributed by atoms with Gasteiger partial charge in [0.15, 0.2) is 0 Å². The number of hydrogen-bond donors (Lipinski definition) is 1. The number of carbonyl (C=O) groups excluding carboxylic acids is 1. The van der Waals surface area contributed by atoms with Crippen LogP contribution in [0.4, 0.5) is 5.95 Å². The van der Waals surface area contributed by atoms with Gasteiger partial charge in [-0.2, -0.15) is 0 Å². The number of furan rings is 1. The standard InChI is InChI=1S/C25H26N4O3/c1-16-21(10-17-13-27-25(28-14-17)29(2)3)20-8-7-18(31-4)11-23(20)22(16)12-24(30)26-15-19-6-5-9-32-19/h5-11,13-14H,12,15H2,1-4H3,(H,26,30). The molecule has 0 atom stereocenters. The molecule has 0 saturated carbocycles. The number of hydrogen-bond acceptors (Lipinski definition) is 6. The second-order valence-corrected chi connectivity index (χ2v) is 7.82. The number of rotatable bonds is 7. The summed E-state index contributed by atoms with van der Waals surface area (Å²) in [6.45, 7) is 2.41. The van der Waals surface area contributed by atoms with Crippen molar-refractivity contribution in [2.75, 3.05) is 26.1 Å². The molecule has 1 N–H and O–H groups in total. The van der Waals surface area contributed by atoms with Gasteiger partial charge in [-0.15, -0.1) is 0 Å². The molecule has 1 aliphatic rings. The number of fused-ring (bicyclic) bond motifs is 1. The Kier molecular flexibility index (Phi) is 6.07. The van der Waals surface area contributed by atoms with E-state index < -0.39 is 0 Å². The highest BCUT2D eigenvalue weighted by Crippen LogP contribution is 2.44. The molecule has 0 saturated heterocycles. The summed E-state index contributed by atoms with van der Waals surface area (Å²) >= 11 is 0. The summed E-state index contributed by atoms with van der Waals surface area (Å²) in [6, 6.07) is 9.60. The number of anilines is 1. The van der Waals surface area contributed by atoms with Gasteiger partial charge in [-0.3, -0.25) is 4.79 Å². The molecule has 1 amide bonds. The Labute approximate surface area is 187 Å². The number of ether oxygens (including phenoxy) is 1. The Hall–Kier alpha value is -3.87. The first-order chi connectivity index (χ1) is 15.5. The largest absolute Gasteiger partial charge is 0.497 e. The second-order valence-electron chi connectivity index (χ2n) is 7.82. The topological polar surface area (TPSA) is 80.5 Å². The Balaban J connectivity index is 1.65. The van der Waals surface area contributed by atoms with Crippen molar-refractivity contribution in [3.05, 3.63) is 77.0 Å². The highest BCUT2D eigenvalue weighted by molar-refractivity contribution is 6.08. The lowest BCUT2D eigenvalue weighted by Gasteiger charge is -2.09. The van der Waals surface area contributed by atoms with E-state index in [4.69, 9.17) is 9.15 Å². The van der Waals surface area contributed by atoms with Crippen molar-refractivity contribution < 1.29 is 13.9 Å². The highest BCUT2D eigenvalue weighted by Gasteiger charge is 2.26. The van der Waals surface area contributed by atoms with Crippen molar-refractivity contribution in [1.29, 1.82) is 0 Å². The summed E-state index contributed by atoms with van der Waals surface area (Å²) in [7, 11) is 5.46. The molecule has 4 rings (SSSR count). The zero-order chi connectivity index (χ0) is 22.7. The Bertz CT molecular complexity index is 1180. The van der Waals surface area contributed by atoms with Crippen LogP contribution >= 0.6 is 0 Å². The van der Waals surface area contributed by atoms with Crippen LogP contribution in [0.3, 0.4) is 0 Å². The van der Waals surface area contributed by atoms with Crippen LogP contribution in [-0.2, 0) is 11.3 Å². The van der Waals surface area contributed by atoms with Crippen molar-refractivity contribution in [2.45, 2.75) is 19.9 Å². The van der Waals surface area contributed by atoms with Crippen LogP contribution in [0.2, 0.25) is 0 Å². The number of amides is 1. The molecule has 3 aromatic rings. The maximum absolute atomic E-state index is 12.7. The third-order valence-electron chi connectivity index (χ3n) is 5.45. The number of nitrogens with one attached hydrogen (secondary N) is 1. The van der Waals surface area contributed by atoms with Gasteiger partial charge in [0.2, 0.25) is 11.9 Å². The quantitative estimate of drug-likeness (QED) is 0.606. The SMILES string of the molecule is COc1ccc2c(c1)C(CC(=O)NCc1ccco1)=C(C)C2=Cc1cnc(N(C)C)nc1. The molecule has 164 valence electrons. The fourth-order valence-electron chi connectivity index (χ4n) is 3.74. The average molecular weight is 431 g/mol. The molecular formula is C25H26N4O3. The van der Waals surface area contributed by atoms with Crippen LogP contribution in [-0.4, -0.2) is 37.1 Å². The maximum atomic E-state index is 12.7. The van der Waals surface area contributed by atoms with E-state index in [1.54, 1.807) is 31.8 Å². The van der Waals surface area contributed by atoms with Crippen LogP contribution in [0.1, 0.15) is 35.8 Å². The minimum absolute atomic E-state index is 0.0653. The van der Waals surface area contributed by atoms with Gasteiger partial charge in [0, 0.05) is 32.1 Å². The van der Waals surface area contributed by atoms with E-state index in [2.05, 4.69) is 21.4 Å². The highest BCUT2D eigenvalue weighted by atomic mass is 16.5. The molecule has 0 spiro atoms. The van der Waals surface area contributed by atoms with Gasteiger partial charge in [0.05, 0.1) is 26.3 Å². The van der Waals surface area contributed by atoms with Crippen LogP contribution < -0.4 is 15.0 Å². The number of allylic oxidation sites excluding steroid dienone is 2. The van der Waals surface area contributed by atoms with E-state index in [-0.39, 0.29) is 12.3 Å². The molecule has 0 bridgehead atoms. The molecule has 7 heteroatoms. The summed E-state index contributed by atoms with van der Waals surface area (Å²) in [5, 5.41) is 2.93. The van der Waals surface area contributed by atoms with E-state index in [0.29, 0.717) is 12.5 Å². The fourth-order valence-corrected chi connectivity index (χ4v) is 3.74. The maximum Gasteiger partial charge on any atom is 0.224 e. The van der Waals surface area contributed by atoms with Gasteiger partial charge in [0.25, 0.3) is 0 Å². The summed E-state index contributed by atoms with van der Waals surface area (Å²) in [6.07, 6.45) is 7.53. The van der Waals surface area contributed by atoms with Gasteiger partial charge < -0.3 is 19.4 Å². The summed E-state index contributed by atoms with van der Waals surface area (Å²) < 4.78 is 10.7. The van der Waals surface area contributed by atoms with Crippen molar-refractivity contribution in [3.63, 3.8) is 0 Å². The van der Waals surface area contributed by atoms with Gasteiger partial charge in [-0.25, -0.2) is 9.97 Å². The zero-order valence-electron chi connectivity index (χ0n) is 18.7. The molecule has 2 heterocycles. The first kappa shape index (κ1) is 21.4. The average Bonchev–Trinajstić information content (AvgIpc) is 3.40. The number of nitrogens with zero attached hydrogens (tertiary/aromatic N) is 3. The molecule has 7 nitrogen and oxygen atoms in total. The molecule has 0 aliphatic heterocycles. The third kappa shape index (κ3) is 4.42. The fraction of sp³-hybridized carbons (Fsp3) is 0.240. The summed E-state index contributed by atoms with van der Waals surface area (Å²) in [5.74, 6) is 2.07. The molecule has 0 unspecified atom stereocenters. The molecule has 1 aliphatic carbocycles. The Morgan fingerprint density at radius 1 is 1.19 bits per heavy atom. The van der Waals surface area contributed by atoms with E-state index in [0.717, 1.165) is 44.9 Å². The predicted octanol–water partition coefficient (Wildman–Crippen LogP) is 4.18. The molecule has 1 aromatic carbocycles. The van der Waals surface area contributed by atoms with E-state index in [1.807, 2.05) is 50.2 Å². The Morgan fingerprint density at radius 2 is 1.97 bits per heavy atom. The second kappa shape index (κ2) is 9.09. The molecule has 2 aromatic heterocycles. The van der Waals surface area contributed by atoms with Crippen molar-refractivity contribution in [3.8, 4) is 5.75 Å². The number of aromatic nitrogens is 2. The first-order valence-electron chi connectivity index (χ1n) is 10.4. The first-order valence-corrected chi connectivity index (χ1v) is 10.4. The smallest absolute Gasteiger partial charge is 0.224 e. The zero-order valence-corrected chi connectivity index (χ0v) is 18.7. The predicted molar refractivity (Wildman–Crippen MR) is 125 cm³/mol. The van der Waals surface area contributed by atoms with Crippen LogP contribution in [0, 0.1) is 0 Å². The van der Waals surface area contributed by atoms with E-state index in [1.165, 1.54) is 0 Å². The van der Waals surface area contributed by atoms with Crippen molar-refractivity contribution in [2.24, 2.45) is 0 Å². The molecule has 32 heavy (non-hydrogen) atoms. The monoisotopic (exact) mass is 430 g/mol. The van der Waals surface area contributed by atoms with Gasteiger partial charge in [-0.1, -0.05) is 6.07 Å². The van der Waals surface area contributed by atoms with Gasteiger partial charge in [0.1, 0.15) is 11.5 Å². The third-order valence-corrected chi connectivity index (χ3v) is 5.45. The minimum Gasteiger partial charge on any atom is -0.497 e. The molecular weight excluding hydrogens is 404 g/mol. The van der Waals surface area contributed by atoms with Gasteiger partial charge >= 0.3 is 0 Å². The van der Waals surface area contributed by atoms with Gasteiger partial charge in [-0.05, 0) is 65.1 Å². The van der Waals surface area contributed by atoms with E-state index >= 15 is 0 Å². The lowest BCUT2D eigenvalue weighted by atomic mass is 10.0. The van der Waals surface area contributed by atoms with Crippen LogP contribution in [0.5, 0.6) is 5.75 Å². The molecule has 0 radical (unpaired) electrons. The van der Waals surface area contributed by atoms with Crippen molar-refractivity contribution in [1.82, 2.24) is 15.3 Å². The number of methoxy groups -OCH3 is 1. The normalized spacial score (nSPS) is 13.9. The van der Waals surface area contributed by atoms with E-state index in [9.17, 15) is 4.79 Å². The summed E-state index contributed by atoms with van der Waals surface area (Å²) in [4.78, 5) is 23.4. The van der Waals surface area contributed by atoms with Crippen LogP contribution in [0.25, 0.3) is 17.2 Å². The summed E-state index contributed by atoms with van der Waals surface area (Å²) in [5.41, 5.74) is 6.06. The number of benzene rings is 1. The lowest BCUT2D eigenvalue weighted by Crippen LogP contribution is -2.22. The Morgan fingerprint density at radius 3 is 2.62 bits per heavy atom. The minimum atomic E-state index is -0.0653. The lowest BCUT2D eigenvalue weighted by molar-refractivity contribution is -0.120. The molecule has 0 fully saturated rings.